The van der Waals surface area contributed by atoms with Gasteiger partial charge in [0.25, 0.3) is 0 Å². The number of hydrogen-bond donors (Lipinski definition) is 1. The number of benzene rings is 2. The number of nitrogens with one attached hydrogen (secondary N) is 1. The molecule has 0 radical (unpaired) electrons. The minimum Gasteiger partial charge on any atom is -0.441 e. The zero-order valence-electron chi connectivity index (χ0n) is 19.9. The van der Waals surface area contributed by atoms with Gasteiger partial charge in [0.15, 0.2) is 9.84 Å². The molecule has 0 atom stereocenters. The molecule has 1 saturated heterocycles. The number of nitrogens with zero attached hydrogens (tertiary/aromatic N) is 3. The predicted octanol–water partition coefficient (Wildman–Crippen LogP) is 3.81. The van der Waals surface area contributed by atoms with Gasteiger partial charge in [-0.25, -0.2) is 13.4 Å². The molecule has 1 amide bonds. The molecule has 1 aliphatic heterocycles. The second kappa shape index (κ2) is 11.6. The number of halogens is 2. The molecule has 0 unspecified atom stereocenters. The molecule has 0 bridgehead atoms. The Morgan fingerprint density at radius 3 is 2.56 bits per heavy atom. The van der Waals surface area contributed by atoms with Gasteiger partial charge in [0, 0.05) is 50.0 Å². The first-order valence-electron chi connectivity index (χ1n) is 11.6. The summed E-state index contributed by atoms with van der Waals surface area (Å²) in [6.45, 7) is 6.08. The fraction of sp³-hybridized carbons (Fsp3) is 0.360. The average molecular weight is 551 g/mol. The molecule has 36 heavy (non-hydrogen) atoms. The summed E-state index contributed by atoms with van der Waals surface area (Å²) in [5.41, 5.74) is 1.95. The van der Waals surface area contributed by atoms with Crippen molar-refractivity contribution in [2.24, 2.45) is 0 Å². The van der Waals surface area contributed by atoms with Crippen LogP contribution < -0.4 is 10.2 Å². The van der Waals surface area contributed by atoms with E-state index >= 15 is 0 Å². The van der Waals surface area contributed by atoms with E-state index in [0.29, 0.717) is 34.5 Å². The summed E-state index contributed by atoms with van der Waals surface area (Å²) in [5.74, 6) is -0.886. The summed E-state index contributed by atoms with van der Waals surface area (Å²) < 4.78 is 30.9. The third-order valence-electron chi connectivity index (χ3n) is 6.00. The maximum Gasteiger partial charge on any atom is 0.235 e. The van der Waals surface area contributed by atoms with Crippen molar-refractivity contribution in [3.05, 3.63) is 70.0 Å². The first-order chi connectivity index (χ1) is 17.2. The van der Waals surface area contributed by atoms with Crippen LogP contribution in [0.25, 0.3) is 11.5 Å². The fourth-order valence-electron chi connectivity index (χ4n) is 4.08. The van der Waals surface area contributed by atoms with E-state index in [1.165, 1.54) is 0 Å². The quantitative estimate of drug-likeness (QED) is 0.432. The molecule has 4 rings (SSSR count). The van der Waals surface area contributed by atoms with E-state index in [4.69, 9.17) is 27.6 Å². The number of amides is 1. The minimum atomic E-state index is -3.73. The van der Waals surface area contributed by atoms with Crippen molar-refractivity contribution < 1.29 is 17.6 Å². The van der Waals surface area contributed by atoms with Crippen LogP contribution in [0.15, 0.2) is 52.9 Å². The molecule has 2 heterocycles. The minimum absolute atomic E-state index is 0.253. The topological polar surface area (TPSA) is 95.8 Å². The molecule has 8 nitrogen and oxygen atoms in total. The highest BCUT2D eigenvalue weighted by Gasteiger charge is 2.23. The van der Waals surface area contributed by atoms with Crippen LogP contribution in [-0.2, 0) is 20.4 Å². The summed E-state index contributed by atoms with van der Waals surface area (Å²) in [7, 11) is -3.73. The summed E-state index contributed by atoms with van der Waals surface area (Å²) in [4.78, 5) is 21.1. The van der Waals surface area contributed by atoms with Crippen molar-refractivity contribution in [2.45, 2.75) is 12.7 Å². The van der Waals surface area contributed by atoms with Gasteiger partial charge in [0.2, 0.25) is 11.8 Å². The zero-order valence-corrected chi connectivity index (χ0v) is 22.2. The summed E-state index contributed by atoms with van der Waals surface area (Å²) in [5, 5.41) is 3.90. The number of oxazole rings is 1. The van der Waals surface area contributed by atoms with Gasteiger partial charge in [-0.3, -0.25) is 9.69 Å². The first-order valence-corrected chi connectivity index (χ1v) is 14.2. The molecule has 3 aromatic rings. The second-order valence-electron chi connectivity index (χ2n) is 8.69. The van der Waals surface area contributed by atoms with Gasteiger partial charge in [-0.05, 0) is 37.3 Å². The van der Waals surface area contributed by atoms with E-state index in [0.717, 1.165) is 31.9 Å². The molecule has 1 N–H and O–H groups in total. The maximum absolute atomic E-state index is 12.6. The third kappa shape index (κ3) is 7.00. The Balaban J connectivity index is 1.22. The molecule has 0 aliphatic carbocycles. The lowest BCUT2D eigenvalue weighted by Crippen LogP contribution is -2.48. The molecule has 11 heteroatoms. The second-order valence-corrected chi connectivity index (χ2v) is 11.6. The average Bonchev–Trinajstić information content (AvgIpc) is 3.18. The predicted molar refractivity (Wildman–Crippen MR) is 142 cm³/mol. The van der Waals surface area contributed by atoms with Gasteiger partial charge >= 0.3 is 0 Å². The van der Waals surface area contributed by atoms with Gasteiger partial charge < -0.3 is 14.6 Å². The Hall–Kier alpha value is -2.59. The van der Waals surface area contributed by atoms with Crippen LogP contribution in [0.5, 0.6) is 0 Å². The molecule has 0 saturated carbocycles. The Bertz CT molecular complexity index is 1320. The largest absolute Gasteiger partial charge is 0.441 e. The lowest BCUT2D eigenvalue weighted by molar-refractivity contribution is -0.118. The number of piperazine rings is 1. The standard InChI is InChI=1S/C25H28Cl2N4O4S/c1-18-23(29-25(35-18)21-7-2-3-8-22(21)27)16-36(33,34)17-24(32)28-9-10-30-11-13-31(14-12-30)20-6-4-5-19(26)15-20/h2-8,15H,9-14,16-17H2,1H3,(H,28,32). The number of sulfone groups is 1. The smallest absolute Gasteiger partial charge is 0.235 e. The highest BCUT2D eigenvalue weighted by molar-refractivity contribution is 7.91. The lowest BCUT2D eigenvalue weighted by Gasteiger charge is -2.36. The van der Waals surface area contributed by atoms with E-state index in [1.807, 2.05) is 24.3 Å². The van der Waals surface area contributed by atoms with Gasteiger partial charge in [-0.15, -0.1) is 0 Å². The first kappa shape index (κ1) is 26.5. The number of rotatable bonds is 9. The fourth-order valence-corrected chi connectivity index (χ4v) is 5.77. The van der Waals surface area contributed by atoms with Gasteiger partial charge in [-0.2, -0.15) is 0 Å². The Kier molecular flexibility index (Phi) is 8.56. The van der Waals surface area contributed by atoms with Crippen molar-refractivity contribution in [2.75, 3.05) is 49.9 Å². The third-order valence-corrected chi connectivity index (χ3v) is 7.98. The van der Waals surface area contributed by atoms with Crippen LogP contribution in [0.1, 0.15) is 11.5 Å². The molecule has 2 aromatic carbocycles. The van der Waals surface area contributed by atoms with E-state index in [-0.39, 0.29) is 17.3 Å². The van der Waals surface area contributed by atoms with Crippen LogP contribution in [0.4, 0.5) is 5.69 Å². The van der Waals surface area contributed by atoms with E-state index in [2.05, 4.69) is 20.1 Å². The monoisotopic (exact) mass is 550 g/mol. The van der Waals surface area contributed by atoms with Crippen LogP contribution in [0, 0.1) is 6.92 Å². The maximum atomic E-state index is 12.6. The number of aromatic nitrogens is 1. The van der Waals surface area contributed by atoms with Crippen molar-refractivity contribution in [3.8, 4) is 11.5 Å². The van der Waals surface area contributed by atoms with Crippen LogP contribution in [-0.4, -0.2) is 69.2 Å². The molecule has 1 fully saturated rings. The van der Waals surface area contributed by atoms with Gasteiger partial charge in [0.05, 0.1) is 22.0 Å². The number of carbonyl (C=O) groups excluding carboxylic acids is 1. The zero-order chi connectivity index (χ0) is 25.7. The number of hydrogen-bond acceptors (Lipinski definition) is 7. The van der Waals surface area contributed by atoms with Crippen molar-refractivity contribution in [1.29, 1.82) is 0 Å². The van der Waals surface area contributed by atoms with E-state index < -0.39 is 21.5 Å². The SMILES string of the molecule is Cc1oc(-c2ccccc2Cl)nc1CS(=O)(=O)CC(=O)NCCN1CCN(c2cccc(Cl)c2)CC1. The number of carbonyl (C=O) groups is 1. The number of anilines is 1. The Morgan fingerprint density at radius 1 is 1.08 bits per heavy atom. The summed E-state index contributed by atoms with van der Waals surface area (Å²) >= 11 is 12.3. The van der Waals surface area contributed by atoms with Crippen molar-refractivity contribution >= 4 is 44.6 Å². The Labute approximate surface area is 221 Å². The van der Waals surface area contributed by atoms with Crippen LogP contribution >= 0.6 is 23.2 Å². The molecular weight excluding hydrogens is 523 g/mol. The van der Waals surface area contributed by atoms with E-state index in [9.17, 15) is 13.2 Å². The Morgan fingerprint density at radius 2 is 1.83 bits per heavy atom. The molecule has 192 valence electrons. The van der Waals surface area contributed by atoms with Crippen molar-refractivity contribution in [3.63, 3.8) is 0 Å². The van der Waals surface area contributed by atoms with Crippen LogP contribution in [0.2, 0.25) is 10.0 Å². The lowest BCUT2D eigenvalue weighted by atomic mass is 10.2. The normalized spacial score (nSPS) is 14.7. The van der Waals surface area contributed by atoms with Gasteiger partial charge in [0.1, 0.15) is 11.5 Å². The van der Waals surface area contributed by atoms with Gasteiger partial charge in [-0.1, -0.05) is 41.4 Å². The number of aryl methyl sites for hydroxylation is 1. The molecular formula is C25H28Cl2N4O4S. The van der Waals surface area contributed by atoms with Crippen LogP contribution in [0.3, 0.4) is 0 Å². The molecule has 1 aliphatic rings. The highest BCUT2D eigenvalue weighted by Crippen LogP contribution is 2.29. The molecule has 1 aromatic heterocycles. The molecule has 0 spiro atoms. The summed E-state index contributed by atoms with van der Waals surface area (Å²) in [6.07, 6.45) is 0. The summed E-state index contributed by atoms with van der Waals surface area (Å²) in [6, 6.07) is 14.8. The highest BCUT2D eigenvalue weighted by atomic mass is 35.5. The van der Waals surface area contributed by atoms with Crippen molar-refractivity contribution in [1.82, 2.24) is 15.2 Å². The van der Waals surface area contributed by atoms with E-state index in [1.54, 1.807) is 31.2 Å².